The van der Waals surface area contributed by atoms with Crippen molar-refractivity contribution in [2.45, 2.75) is 70.4 Å². The molecular weight excluding hydrogens is 548 g/mol. The first kappa shape index (κ1) is 29.6. The summed E-state index contributed by atoms with van der Waals surface area (Å²) in [5.74, 6) is -0.240. The van der Waals surface area contributed by atoms with Crippen LogP contribution in [0.4, 0.5) is 0 Å². The van der Waals surface area contributed by atoms with E-state index in [2.05, 4.69) is 0 Å². The molecule has 11 nitrogen and oxygen atoms in total. The van der Waals surface area contributed by atoms with Gasteiger partial charge in [-0.05, 0) is 58.4 Å². The zero-order valence-corrected chi connectivity index (χ0v) is 23.6. The summed E-state index contributed by atoms with van der Waals surface area (Å²) in [6.45, 7) is 7.03. The van der Waals surface area contributed by atoms with Crippen molar-refractivity contribution < 1.29 is 49.3 Å². The second kappa shape index (κ2) is 11.1. The average molecular weight is 583 g/mol. The van der Waals surface area contributed by atoms with Crippen LogP contribution in [0.2, 0.25) is 0 Å². The highest BCUT2D eigenvalue weighted by Crippen LogP contribution is 2.45. The fourth-order valence-electron chi connectivity index (χ4n) is 5.05. The van der Waals surface area contributed by atoms with Crippen molar-refractivity contribution in [2.75, 3.05) is 6.61 Å². The lowest BCUT2D eigenvalue weighted by Gasteiger charge is -2.39. The van der Waals surface area contributed by atoms with Gasteiger partial charge in [-0.25, -0.2) is 0 Å². The molecule has 6 N–H and O–H groups in total. The Balaban J connectivity index is 1.56. The SMILES string of the molecule is CC(C)=CCc1c2c(c(O)c3c(=O)c(-c4ccc(O[C@@H]5O[C@H](CO)[C@@H](O)[C@H](O)[C@@H]5O)cc4O)coc13)C=CC(C)(C)O2. The molecule has 1 aromatic heterocycles. The van der Waals surface area contributed by atoms with Gasteiger partial charge in [0.15, 0.2) is 0 Å². The molecule has 3 aromatic rings. The first-order valence-electron chi connectivity index (χ1n) is 13.5. The molecule has 0 radical (unpaired) electrons. The van der Waals surface area contributed by atoms with E-state index in [0.29, 0.717) is 23.3 Å². The van der Waals surface area contributed by atoms with Gasteiger partial charge in [0, 0.05) is 17.2 Å². The number of fused-ring (bicyclic) bond motifs is 2. The van der Waals surface area contributed by atoms with Crippen molar-refractivity contribution in [1.29, 1.82) is 0 Å². The molecule has 2 aromatic carbocycles. The first-order valence-corrected chi connectivity index (χ1v) is 13.5. The van der Waals surface area contributed by atoms with Gasteiger partial charge in [-0.2, -0.15) is 0 Å². The Morgan fingerprint density at radius 2 is 1.81 bits per heavy atom. The molecule has 0 aliphatic carbocycles. The Hall–Kier alpha value is -3.87. The van der Waals surface area contributed by atoms with E-state index in [0.717, 1.165) is 5.57 Å². The van der Waals surface area contributed by atoms with E-state index in [-0.39, 0.29) is 39.3 Å². The van der Waals surface area contributed by atoms with Crippen LogP contribution in [0, 0.1) is 0 Å². The second-order valence-corrected chi connectivity index (χ2v) is 11.3. The van der Waals surface area contributed by atoms with Crippen molar-refractivity contribution in [3.63, 3.8) is 0 Å². The van der Waals surface area contributed by atoms with Crippen LogP contribution in [0.3, 0.4) is 0 Å². The van der Waals surface area contributed by atoms with Crippen LogP contribution in [-0.2, 0) is 11.2 Å². The number of allylic oxidation sites excluding steroid dienone is 2. The summed E-state index contributed by atoms with van der Waals surface area (Å²) in [5, 5.41) is 61.7. The summed E-state index contributed by atoms with van der Waals surface area (Å²) < 4.78 is 23.1. The van der Waals surface area contributed by atoms with Crippen LogP contribution < -0.4 is 14.9 Å². The molecule has 2 aliphatic rings. The number of phenols is 2. The highest BCUT2D eigenvalue weighted by molar-refractivity contribution is 5.96. The fraction of sp³-hybridized carbons (Fsp3) is 0.387. The highest BCUT2D eigenvalue weighted by atomic mass is 16.7. The summed E-state index contributed by atoms with van der Waals surface area (Å²) in [7, 11) is 0. The Morgan fingerprint density at radius 1 is 1.07 bits per heavy atom. The topological polar surface area (TPSA) is 179 Å². The van der Waals surface area contributed by atoms with E-state index in [1.54, 1.807) is 12.2 Å². The van der Waals surface area contributed by atoms with Crippen molar-refractivity contribution in [1.82, 2.24) is 0 Å². The van der Waals surface area contributed by atoms with Gasteiger partial charge in [-0.1, -0.05) is 11.6 Å². The predicted molar refractivity (Wildman–Crippen MR) is 153 cm³/mol. The smallest absolute Gasteiger partial charge is 0.229 e. The third-order valence-corrected chi connectivity index (χ3v) is 7.37. The van der Waals surface area contributed by atoms with Crippen LogP contribution in [0.1, 0.15) is 38.8 Å². The largest absolute Gasteiger partial charge is 0.507 e. The molecule has 5 rings (SSSR count). The van der Waals surface area contributed by atoms with E-state index in [9.17, 15) is 35.4 Å². The number of hydrogen-bond donors (Lipinski definition) is 6. The van der Waals surface area contributed by atoms with Crippen LogP contribution in [0.25, 0.3) is 28.2 Å². The molecule has 0 bridgehead atoms. The number of rotatable bonds is 6. The minimum atomic E-state index is -1.64. The lowest BCUT2D eigenvalue weighted by atomic mass is 9.93. The predicted octanol–water partition coefficient (Wildman–Crippen LogP) is 2.74. The van der Waals surface area contributed by atoms with Gasteiger partial charge in [0.2, 0.25) is 11.7 Å². The number of aliphatic hydroxyl groups is 4. The molecule has 0 saturated carbocycles. The van der Waals surface area contributed by atoms with Crippen LogP contribution in [0.15, 0.2) is 51.4 Å². The van der Waals surface area contributed by atoms with Gasteiger partial charge in [-0.15, -0.1) is 0 Å². The molecule has 2 aliphatic heterocycles. The minimum Gasteiger partial charge on any atom is -0.507 e. The Labute approximate surface area is 241 Å². The summed E-state index contributed by atoms with van der Waals surface area (Å²) in [6, 6.07) is 3.95. The summed E-state index contributed by atoms with van der Waals surface area (Å²) in [4.78, 5) is 13.8. The van der Waals surface area contributed by atoms with E-state index in [1.807, 2.05) is 33.8 Å². The first-order chi connectivity index (χ1) is 19.8. The zero-order chi connectivity index (χ0) is 30.5. The molecule has 11 heteroatoms. The highest BCUT2D eigenvalue weighted by Gasteiger charge is 2.44. The molecule has 42 heavy (non-hydrogen) atoms. The minimum absolute atomic E-state index is 0.0107. The Kier molecular flexibility index (Phi) is 7.82. The number of hydrogen-bond acceptors (Lipinski definition) is 11. The van der Waals surface area contributed by atoms with Gasteiger partial charge < -0.3 is 49.3 Å². The van der Waals surface area contributed by atoms with Crippen molar-refractivity contribution in [3.8, 4) is 34.1 Å². The summed E-state index contributed by atoms with van der Waals surface area (Å²) in [6.07, 6.45) is -0.389. The molecule has 5 atom stereocenters. The van der Waals surface area contributed by atoms with Gasteiger partial charge in [-0.3, -0.25) is 4.79 Å². The van der Waals surface area contributed by atoms with Crippen molar-refractivity contribution in [3.05, 3.63) is 63.5 Å². The zero-order valence-electron chi connectivity index (χ0n) is 23.6. The Morgan fingerprint density at radius 3 is 2.48 bits per heavy atom. The molecule has 224 valence electrons. The average Bonchev–Trinajstić information content (AvgIpc) is 2.93. The van der Waals surface area contributed by atoms with Gasteiger partial charge in [0.25, 0.3) is 0 Å². The van der Waals surface area contributed by atoms with Gasteiger partial charge in [0.1, 0.15) is 70.2 Å². The Bertz CT molecular complexity index is 1630. The summed E-state index contributed by atoms with van der Waals surface area (Å²) >= 11 is 0. The molecule has 1 fully saturated rings. The number of phenolic OH excluding ortho intramolecular Hbond substituents is 2. The number of aliphatic hydroxyl groups excluding tert-OH is 4. The van der Waals surface area contributed by atoms with E-state index in [1.165, 1.54) is 24.5 Å². The van der Waals surface area contributed by atoms with Crippen LogP contribution in [-0.4, -0.2) is 73.6 Å². The molecule has 1 saturated heterocycles. The van der Waals surface area contributed by atoms with Crippen molar-refractivity contribution >= 4 is 17.0 Å². The lowest BCUT2D eigenvalue weighted by Crippen LogP contribution is -2.60. The number of ether oxygens (including phenoxy) is 3. The molecular formula is C31H34O11. The fourth-order valence-corrected chi connectivity index (χ4v) is 5.05. The molecule has 0 spiro atoms. The van der Waals surface area contributed by atoms with Gasteiger partial charge >= 0.3 is 0 Å². The van der Waals surface area contributed by atoms with E-state index < -0.39 is 48.3 Å². The number of aromatic hydroxyl groups is 2. The lowest BCUT2D eigenvalue weighted by molar-refractivity contribution is -0.277. The third-order valence-electron chi connectivity index (χ3n) is 7.37. The standard InChI is InChI=1S/C31H34O11/c1-14(2)5-7-18-28-17(9-10-31(3,4)42-28)23(34)22-24(35)19(13-39-29(18)22)16-8-6-15(11-20(16)33)40-30-27(38)26(37)25(36)21(12-32)41-30/h5-6,8-11,13,21,25-27,30,32-34,36-38H,7,12H2,1-4H3/t21-,25-,26+,27+,30-/m1/s1. The molecule has 3 heterocycles. The number of benzene rings is 2. The monoisotopic (exact) mass is 582 g/mol. The normalized spacial score (nSPS) is 24.6. The maximum absolute atomic E-state index is 13.8. The third kappa shape index (κ3) is 5.25. The van der Waals surface area contributed by atoms with Gasteiger partial charge in [0.05, 0.1) is 17.7 Å². The van der Waals surface area contributed by atoms with Crippen LogP contribution >= 0.6 is 0 Å². The van der Waals surface area contributed by atoms with Crippen LogP contribution in [0.5, 0.6) is 23.0 Å². The quantitative estimate of drug-likeness (QED) is 0.235. The van der Waals surface area contributed by atoms with Crippen molar-refractivity contribution in [2.24, 2.45) is 0 Å². The van der Waals surface area contributed by atoms with E-state index in [4.69, 9.17) is 18.6 Å². The molecule has 0 unspecified atom stereocenters. The maximum atomic E-state index is 13.8. The van der Waals surface area contributed by atoms with E-state index >= 15 is 0 Å². The molecule has 0 amide bonds. The maximum Gasteiger partial charge on any atom is 0.229 e. The second-order valence-electron chi connectivity index (χ2n) is 11.3. The summed E-state index contributed by atoms with van der Waals surface area (Å²) in [5.41, 5.74) is 1.02.